The molecule has 0 aromatic carbocycles. The van der Waals surface area contributed by atoms with Crippen LogP contribution in [0.4, 0.5) is 17.5 Å². The maximum absolute atomic E-state index is 11.7. The molecule has 3 N–H and O–H groups in total. The number of nitrogens with one attached hydrogen (secondary N) is 3. The van der Waals surface area contributed by atoms with Crippen LogP contribution in [-0.2, 0) is 11.3 Å². The van der Waals surface area contributed by atoms with Gasteiger partial charge in [-0.3, -0.25) is 9.48 Å². The van der Waals surface area contributed by atoms with Crippen molar-refractivity contribution < 1.29 is 4.79 Å². The Morgan fingerprint density at radius 2 is 2.31 bits per heavy atom. The van der Waals surface area contributed by atoms with Crippen molar-refractivity contribution in [1.82, 2.24) is 30.0 Å². The highest BCUT2D eigenvalue weighted by molar-refractivity contribution is 6.32. The molecule has 2 aromatic rings. The standard InChI is InChI=1S/C16H23ClN8O/c1-24(2)14(26)10-25-9-12(7-21-25)22-16-20-8-13(17)15(23-16)19-6-11-4-3-5-18-11/h7-9,11,18H,3-6,10H2,1-2H3,(H2,19,20,22,23). The number of carbonyl (C=O) groups excluding carboxylic acids is 1. The third kappa shape index (κ3) is 4.83. The van der Waals surface area contributed by atoms with Crippen molar-refractivity contribution in [3.63, 3.8) is 0 Å². The van der Waals surface area contributed by atoms with Gasteiger partial charge in [0.25, 0.3) is 0 Å². The van der Waals surface area contributed by atoms with Gasteiger partial charge < -0.3 is 20.9 Å². The van der Waals surface area contributed by atoms with E-state index >= 15 is 0 Å². The highest BCUT2D eigenvalue weighted by Gasteiger charge is 2.15. The van der Waals surface area contributed by atoms with Crippen LogP contribution in [0.3, 0.4) is 0 Å². The van der Waals surface area contributed by atoms with E-state index in [4.69, 9.17) is 11.6 Å². The van der Waals surface area contributed by atoms with Gasteiger partial charge >= 0.3 is 0 Å². The lowest BCUT2D eigenvalue weighted by Gasteiger charge is -2.13. The first-order valence-electron chi connectivity index (χ1n) is 8.50. The number of carbonyl (C=O) groups is 1. The summed E-state index contributed by atoms with van der Waals surface area (Å²) in [5.41, 5.74) is 0.697. The molecular weight excluding hydrogens is 356 g/mol. The van der Waals surface area contributed by atoms with Crippen molar-refractivity contribution in [2.75, 3.05) is 37.8 Å². The summed E-state index contributed by atoms with van der Waals surface area (Å²) in [6.45, 7) is 2.00. The minimum absolute atomic E-state index is 0.0330. The zero-order chi connectivity index (χ0) is 18.5. The van der Waals surface area contributed by atoms with Gasteiger partial charge in [0, 0.05) is 32.9 Å². The highest BCUT2D eigenvalue weighted by Crippen LogP contribution is 2.21. The minimum atomic E-state index is -0.0330. The van der Waals surface area contributed by atoms with Gasteiger partial charge in [-0.2, -0.15) is 10.1 Å². The summed E-state index contributed by atoms with van der Waals surface area (Å²) >= 11 is 6.18. The molecule has 0 radical (unpaired) electrons. The van der Waals surface area contributed by atoms with Gasteiger partial charge in [0.1, 0.15) is 11.6 Å². The normalized spacial score (nSPS) is 16.5. The summed E-state index contributed by atoms with van der Waals surface area (Å²) in [7, 11) is 3.42. The van der Waals surface area contributed by atoms with Gasteiger partial charge in [-0.25, -0.2) is 4.98 Å². The molecule has 1 fully saturated rings. The fourth-order valence-electron chi connectivity index (χ4n) is 2.63. The summed E-state index contributed by atoms with van der Waals surface area (Å²) < 4.78 is 1.56. The molecule has 1 amide bonds. The molecule has 1 saturated heterocycles. The lowest BCUT2D eigenvalue weighted by Crippen LogP contribution is -2.29. The number of hydrogen-bond donors (Lipinski definition) is 3. The Bertz CT molecular complexity index is 756. The molecule has 0 spiro atoms. The van der Waals surface area contributed by atoms with Crippen LogP contribution in [0.2, 0.25) is 5.02 Å². The second-order valence-corrected chi connectivity index (χ2v) is 6.81. The Morgan fingerprint density at radius 1 is 1.46 bits per heavy atom. The minimum Gasteiger partial charge on any atom is -0.367 e. The van der Waals surface area contributed by atoms with E-state index in [1.807, 2.05) is 0 Å². The average Bonchev–Trinajstić information content (AvgIpc) is 3.27. The second kappa shape index (κ2) is 8.33. The number of hydrogen-bond acceptors (Lipinski definition) is 7. The van der Waals surface area contributed by atoms with E-state index in [1.54, 1.807) is 37.4 Å². The summed E-state index contributed by atoms with van der Waals surface area (Å²) in [6.07, 6.45) is 7.25. The zero-order valence-corrected chi connectivity index (χ0v) is 15.6. The van der Waals surface area contributed by atoms with Gasteiger partial charge in [-0.1, -0.05) is 11.6 Å². The predicted octanol–water partition coefficient (Wildman–Crippen LogP) is 1.32. The van der Waals surface area contributed by atoms with Crippen molar-refractivity contribution >= 4 is 35.0 Å². The molecule has 0 bridgehead atoms. The molecule has 9 nitrogen and oxygen atoms in total. The van der Waals surface area contributed by atoms with E-state index in [-0.39, 0.29) is 12.5 Å². The van der Waals surface area contributed by atoms with E-state index < -0.39 is 0 Å². The van der Waals surface area contributed by atoms with Crippen LogP contribution in [0.1, 0.15) is 12.8 Å². The Hall–Kier alpha value is -2.39. The number of aromatic nitrogens is 4. The molecule has 3 rings (SSSR count). The molecule has 140 valence electrons. The first-order chi connectivity index (χ1) is 12.5. The van der Waals surface area contributed by atoms with E-state index in [0.29, 0.717) is 28.5 Å². The monoisotopic (exact) mass is 378 g/mol. The van der Waals surface area contributed by atoms with Crippen LogP contribution in [0.5, 0.6) is 0 Å². The summed E-state index contributed by atoms with van der Waals surface area (Å²) in [5.74, 6) is 0.970. The number of rotatable bonds is 7. The van der Waals surface area contributed by atoms with Crippen molar-refractivity contribution in [1.29, 1.82) is 0 Å². The second-order valence-electron chi connectivity index (χ2n) is 6.40. The molecule has 1 aliphatic rings. The Balaban J connectivity index is 1.61. The first kappa shape index (κ1) is 18.4. The lowest BCUT2D eigenvalue weighted by molar-refractivity contribution is -0.129. The number of likely N-dealkylation sites (N-methyl/N-ethyl adjacent to an activating group) is 1. The number of nitrogens with zero attached hydrogens (tertiary/aromatic N) is 5. The van der Waals surface area contributed by atoms with Gasteiger partial charge in [-0.05, 0) is 19.4 Å². The Labute approximate surface area is 157 Å². The Kier molecular flexibility index (Phi) is 5.89. The van der Waals surface area contributed by atoms with Crippen molar-refractivity contribution in [2.24, 2.45) is 0 Å². The van der Waals surface area contributed by atoms with Crippen LogP contribution in [-0.4, -0.2) is 63.8 Å². The van der Waals surface area contributed by atoms with Crippen LogP contribution < -0.4 is 16.0 Å². The lowest BCUT2D eigenvalue weighted by atomic mass is 10.2. The molecule has 0 aliphatic carbocycles. The van der Waals surface area contributed by atoms with Gasteiger partial charge in [0.2, 0.25) is 11.9 Å². The van der Waals surface area contributed by atoms with Crippen LogP contribution in [0, 0.1) is 0 Å². The summed E-state index contributed by atoms with van der Waals surface area (Å²) in [4.78, 5) is 21.9. The SMILES string of the molecule is CN(C)C(=O)Cn1cc(Nc2ncc(Cl)c(NCC3CCCN3)n2)cn1. The van der Waals surface area contributed by atoms with Crippen molar-refractivity contribution in [2.45, 2.75) is 25.4 Å². The third-order valence-electron chi connectivity index (χ3n) is 4.11. The fraction of sp³-hybridized carbons (Fsp3) is 0.500. The molecule has 10 heteroatoms. The first-order valence-corrected chi connectivity index (χ1v) is 8.88. The molecule has 26 heavy (non-hydrogen) atoms. The fourth-order valence-corrected chi connectivity index (χ4v) is 2.78. The summed E-state index contributed by atoms with van der Waals surface area (Å²) in [5, 5.41) is 14.4. The maximum Gasteiger partial charge on any atom is 0.243 e. The average molecular weight is 379 g/mol. The third-order valence-corrected chi connectivity index (χ3v) is 4.38. The van der Waals surface area contributed by atoms with Gasteiger partial charge in [0.15, 0.2) is 5.82 Å². The maximum atomic E-state index is 11.7. The smallest absolute Gasteiger partial charge is 0.243 e. The molecule has 1 aliphatic heterocycles. The van der Waals surface area contributed by atoms with Crippen LogP contribution in [0.25, 0.3) is 0 Å². The van der Waals surface area contributed by atoms with Gasteiger partial charge in [-0.15, -0.1) is 0 Å². The molecular formula is C16H23ClN8O. The van der Waals surface area contributed by atoms with Crippen LogP contribution >= 0.6 is 11.6 Å². The van der Waals surface area contributed by atoms with Crippen molar-refractivity contribution in [3.05, 3.63) is 23.6 Å². The number of anilines is 3. The molecule has 2 aromatic heterocycles. The topological polar surface area (TPSA) is 100 Å². The van der Waals surface area contributed by atoms with Crippen molar-refractivity contribution in [3.8, 4) is 0 Å². The number of amides is 1. The summed E-state index contributed by atoms with van der Waals surface area (Å²) in [6, 6.07) is 0.435. The zero-order valence-electron chi connectivity index (χ0n) is 14.9. The molecule has 0 saturated carbocycles. The Morgan fingerprint density at radius 3 is 3.04 bits per heavy atom. The van der Waals surface area contributed by atoms with E-state index in [2.05, 4.69) is 31.0 Å². The largest absolute Gasteiger partial charge is 0.367 e. The molecule has 3 heterocycles. The predicted molar refractivity (Wildman–Crippen MR) is 101 cm³/mol. The number of halogens is 1. The quantitative estimate of drug-likeness (QED) is 0.668. The van der Waals surface area contributed by atoms with Crippen LogP contribution in [0.15, 0.2) is 18.6 Å². The van der Waals surface area contributed by atoms with E-state index in [1.165, 1.54) is 11.3 Å². The van der Waals surface area contributed by atoms with E-state index in [9.17, 15) is 4.79 Å². The molecule has 1 atom stereocenters. The molecule has 1 unspecified atom stereocenters. The van der Waals surface area contributed by atoms with Gasteiger partial charge in [0.05, 0.1) is 18.1 Å². The highest BCUT2D eigenvalue weighted by atomic mass is 35.5. The van der Waals surface area contributed by atoms with E-state index in [0.717, 1.165) is 19.5 Å².